The van der Waals surface area contributed by atoms with Crippen LogP contribution < -0.4 is 5.32 Å². The van der Waals surface area contributed by atoms with Gasteiger partial charge in [0.2, 0.25) is 5.91 Å². The van der Waals surface area contributed by atoms with E-state index in [-0.39, 0.29) is 11.8 Å². The number of rotatable bonds is 6. The molecular weight excluding hydrogens is 380 g/mol. The Morgan fingerprint density at radius 2 is 1.62 bits per heavy atom. The van der Waals surface area contributed by atoms with Crippen LogP contribution in [-0.2, 0) is 24.6 Å². The predicted octanol–water partition coefficient (Wildman–Crippen LogP) is 4.18. The van der Waals surface area contributed by atoms with Gasteiger partial charge in [-0.1, -0.05) is 42.5 Å². The van der Waals surface area contributed by atoms with Gasteiger partial charge in [-0.15, -0.1) is 0 Å². The number of benzene rings is 2. The first-order valence-electron chi connectivity index (χ1n) is 10.4. The molecule has 0 saturated carbocycles. The average molecular weight is 409 g/mol. The van der Waals surface area contributed by atoms with Crippen LogP contribution in [-0.4, -0.2) is 33.0 Å². The lowest BCUT2D eigenvalue weighted by Crippen LogP contribution is -2.41. The van der Waals surface area contributed by atoms with Crippen LogP contribution in [0.25, 0.3) is 11.0 Å². The smallest absolute Gasteiger partial charge is 0.223 e. The Labute approximate surface area is 176 Å². The molecule has 1 amide bonds. The third-order valence-electron chi connectivity index (χ3n) is 5.85. The summed E-state index contributed by atoms with van der Waals surface area (Å²) in [6.07, 6.45) is 1.78. The summed E-state index contributed by atoms with van der Waals surface area (Å²) >= 11 is 5.74. The van der Waals surface area contributed by atoms with E-state index < -0.39 is 0 Å². The van der Waals surface area contributed by atoms with Crippen LogP contribution in [0.5, 0.6) is 0 Å². The fourth-order valence-electron chi connectivity index (χ4n) is 4.18. The number of fused-ring (bicyclic) bond motifs is 1. The fraction of sp³-hybridized carbons (Fsp3) is 0.391. The molecule has 1 aliphatic rings. The summed E-state index contributed by atoms with van der Waals surface area (Å²) in [6, 6.07) is 18.5. The van der Waals surface area contributed by atoms with E-state index in [4.69, 9.17) is 12.2 Å². The number of piperidine rings is 1. The van der Waals surface area contributed by atoms with E-state index in [0.717, 1.165) is 49.5 Å². The van der Waals surface area contributed by atoms with Gasteiger partial charge in [0.05, 0.1) is 17.7 Å². The lowest BCUT2D eigenvalue weighted by atomic mass is 9.96. The van der Waals surface area contributed by atoms with Crippen molar-refractivity contribution in [1.29, 1.82) is 0 Å². The van der Waals surface area contributed by atoms with Crippen molar-refractivity contribution in [3.63, 3.8) is 0 Å². The van der Waals surface area contributed by atoms with Gasteiger partial charge in [-0.2, -0.15) is 0 Å². The Morgan fingerprint density at radius 1 is 1.00 bits per heavy atom. The molecule has 0 unspecified atom stereocenters. The van der Waals surface area contributed by atoms with Gasteiger partial charge < -0.3 is 14.5 Å². The van der Waals surface area contributed by atoms with Crippen LogP contribution in [0.15, 0.2) is 54.6 Å². The highest BCUT2D eigenvalue weighted by Gasteiger charge is 2.25. The molecule has 0 bridgehead atoms. The average Bonchev–Trinajstić information content (AvgIpc) is 3.04. The summed E-state index contributed by atoms with van der Waals surface area (Å²) in [5, 5.41) is 3.09. The van der Waals surface area contributed by atoms with Gasteiger partial charge in [0.25, 0.3) is 0 Å². The second kappa shape index (κ2) is 8.93. The maximum Gasteiger partial charge on any atom is 0.223 e. The largest absolute Gasteiger partial charge is 0.352 e. The molecule has 1 aliphatic heterocycles. The van der Waals surface area contributed by atoms with Crippen molar-refractivity contribution in [3.05, 3.63) is 64.9 Å². The number of nitrogens with zero attached hydrogens (tertiary/aromatic N) is 3. The van der Waals surface area contributed by atoms with Gasteiger partial charge in [-0.05, 0) is 49.7 Å². The maximum absolute atomic E-state index is 12.6. The van der Waals surface area contributed by atoms with Crippen molar-refractivity contribution >= 4 is 29.2 Å². The number of para-hydroxylation sites is 2. The van der Waals surface area contributed by atoms with Gasteiger partial charge in [0.1, 0.15) is 0 Å². The standard InChI is InChI=1S/C23H28N4OS/c1-2-26-20-10-6-7-11-21(20)27(23(26)29)17-25-14-12-19(13-15-25)22(28)24-16-18-8-4-3-5-9-18/h3-11,19H,2,12-17H2,1H3,(H,24,28). The Morgan fingerprint density at radius 3 is 2.28 bits per heavy atom. The zero-order valence-corrected chi connectivity index (χ0v) is 17.7. The summed E-state index contributed by atoms with van der Waals surface area (Å²) < 4.78 is 5.29. The number of amides is 1. The van der Waals surface area contributed by atoms with Crippen LogP contribution >= 0.6 is 12.2 Å². The Balaban J connectivity index is 1.36. The molecule has 4 rings (SSSR count). The number of carbonyl (C=O) groups excluding carboxylic acids is 1. The maximum atomic E-state index is 12.6. The molecule has 0 radical (unpaired) electrons. The molecule has 0 aliphatic carbocycles. The van der Waals surface area contributed by atoms with Crippen molar-refractivity contribution in [2.45, 2.75) is 39.5 Å². The van der Waals surface area contributed by atoms with E-state index in [0.29, 0.717) is 6.54 Å². The summed E-state index contributed by atoms with van der Waals surface area (Å²) in [5.74, 6) is 0.271. The number of nitrogens with one attached hydrogen (secondary N) is 1. The molecule has 3 aromatic rings. The molecule has 2 heterocycles. The number of carbonyl (C=O) groups is 1. The number of likely N-dealkylation sites (tertiary alicyclic amines) is 1. The molecule has 2 aromatic carbocycles. The zero-order chi connectivity index (χ0) is 20.2. The fourth-order valence-corrected chi connectivity index (χ4v) is 4.56. The molecule has 1 saturated heterocycles. The third-order valence-corrected chi connectivity index (χ3v) is 6.29. The van der Waals surface area contributed by atoms with Crippen LogP contribution in [0, 0.1) is 10.7 Å². The predicted molar refractivity (Wildman–Crippen MR) is 119 cm³/mol. The van der Waals surface area contributed by atoms with E-state index in [1.54, 1.807) is 0 Å². The van der Waals surface area contributed by atoms with Crippen molar-refractivity contribution in [2.24, 2.45) is 5.92 Å². The molecular formula is C23H28N4OS. The molecule has 1 fully saturated rings. The Hall–Kier alpha value is -2.44. The van der Waals surface area contributed by atoms with Crippen LogP contribution in [0.3, 0.4) is 0 Å². The van der Waals surface area contributed by atoms with Crippen LogP contribution in [0.2, 0.25) is 0 Å². The van der Waals surface area contributed by atoms with Gasteiger partial charge in [-0.3, -0.25) is 9.69 Å². The molecule has 0 atom stereocenters. The highest BCUT2D eigenvalue weighted by Crippen LogP contribution is 2.22. The number of aromatic nitrogens is 2. The van der Waals surface area contributed by atoms with E-state index in [1.165, 1.54) is 11.0 Å². The number of imidazole rings is 1. The summed E-state index contributed by atoms with van der Waals surface area (Å²) in [5.41, 5.74) is 3.51. The number of aryl methyl sites for hydroxylation is 1. The second-order valence-electron chi connectivity index (χ2n) is 7.68. The molecule has 1 aromatic heterocycles. The summed E-state index contributed by atoms with van der Waals surface area (Å²) in [7, 11) is 0. The lowest BCUT2D eigenvalue weighted by Gasteiger charge is -2.31. The lowest BCUT2D eigenvalue weighted by molar-refractivity contribution is -0.126. The van der Waals surface area contributed by atoms with Crippen molar-refractivity contribution in [1.82, 2.24) is 19.4 Å². The Bertz CT molecular complexity index is 1030. The topological polar surface area (TPSA) is 42.2 Å². The SMILES string of the molecule is CCn1c(=S)n(CN2CCC(C(=O)NCc3ccccc3)CC2)c2ccccc21. The van der Waals surface area contributed by atoms with Crippen LogP contribution in [0.4, 0.5) is 0 Å². The van der Waals surface area contributed by atoms with Crippen molar-refractivity contribution in [3.8, 4) is 0 Å². The molecule has 0 spiro atoms. The summed E-state index contributed by atoms with van der Waals surface area (Å²) in [6.45, 7) is 6.21. The first-order valence-corrected chi connectivity index (χ1v) is 10.8. The number of hydrogen-bond acceptors (Lipinski definition) is 3. The van der Waals surface area contributed by atoms with E-state index in [9.17, 15) is 4.79 Å². The summed E-state index contributed by atoms with van der Waals surface area (Å²) in [4.78, 5) is 15.0. The van der Waals surface area contributed by atoms with E-state index >= 15 is 0 Å². The first kappa shape index (κ1) is 19.9. The van der Waals surface area contributed by atoms with E-state index in [1.807, 2.05) is 30.3 Å². The molecule has 29 heavy (non-hydrogen) atoms. The molecule has 152 valence electrons. The minimum atomic E-state index is 0.0971. The third kappa shape index (κ3) is 4.28. The number of hydrogen-bond donors (Lipinski definition) is 1. The minimum Gasteiger partial charge on any atom is -0.352 e. The monoisotopic (exact) mass is 408 g/mol. The first-order chi connectivity index (χ1) is 14.2. The Kier molecular flexibility index (Phi) is 6.11. The minimum absolute atomic E-state index is 0.0971. The molecule has 5 nitrogen and oxygen atoms in total. The molecule has 6 heteroatoms. The van der Waals surface area contributed by atoms with E-state index in [2.05, 4.69) is 50.5 Å². The van der Waals surface area contributed by atoms with Crippen molar-refractivity contribution < 1.29 is 4.79 Å². The molecule has 1 N–H and O–H groups in total. The van der Waals surface area contributed by atoms with Crippen LogP contribution in [0.1, 0.15) is 25.3 Å². The van der Waals surface area contributed by atoms with Gasteiger partial charge in [-0.25, -0.2) is 0 Å². The highest BCUT2D eigenvalue weighted by molar-refractivity contribution is 7.71. The zero-order valence-electron chi connectivity index (χ0n) is 16.9. The van der Waals surface area contributed by atoms with Gasteiger partial charge in [0.15, 0.2) is 4.77 Å². The highest BCUT2D eigenvalue weighted by atomic mass is 32.1. The van der Waals surface area contributed by atoms with Gasteiger partial charge in [0, 0.05) is 32.1 Å². The van der Waals surface area contributed by atoms with Crippen molar-refractivity contribution in [2.75, 3.05) is 13.1 Å². The quantitative estimate of drug-likeness (QED) is 0.622. The second-order valence-corrected chi connectivity index (χ2v) is 8.05. The normalized spacial score (nSPS) is 15.6. The van der Waals surface area contributed by atoms with Gasteiger partial charge >= 0.3 is 0 Å².